The lowest BCUT2D eigenvalue weighted by molar-refractivity contribution is 0.443. The number of hydrogen-bond acceptors (Lipinski definition) is 4. The van der Waals surface area contributed by atoms with Crippen LogP contribution in [0.15, 0.2) is 30.5 Å². The minimum absolute atomic E-state index is 0.357. The van der Waals surface area contributed by atoms with Crippen LogP contribution in [0.3, 0.4) is 0 Å². The highest BCUT2D eigenvalue weighted by Gasteiger charge is 2.15. The van der Waals surface area contributed by atoms with E-state index in [9.17, 15) is 0 Å². The summed E-state index contributed by atoms with van der Waals surface area (Å²) in [6, 6.07) is 10.1. The van der Waals surface area contributed by atoms with Gasteiger partial charge in [-0.25, -0.2) is 4.98 Å². The molecular formula is C14H16N4. The van der Waals surface area contributed by atoms with Crippen LogP contribution in [0.5, 0.6) is 0 Å². The van der Waals surface area contributed by atoms with Gasteiger partial charge in [-0.2, -0.15) is 5.26 Å². The number of nitriles is 1. The van der Waals surface area contributed by atoms with Gasteiger partial charge in [0.2, 0.25) is 0 Å². The first-order valence-electron chi connectivity index (χ1n) is 5.93. The fraction of sp³-hybridized carbons (Fsp3) is 0.357. The van der Waals surface area contributed by atoms with Gasteiger partial charge in [0.25, 0.3) is 0 Å². The second kappa shape index (κ2) is 5.11. The molecule has 0 bridgehead atoms. The molecule has 1 heterocycles. The van der Waals surface area contributed by atoms with Gasteiger partial charge in [0.05, 0.1) is 34.4 Å². The Bertz CT molecular complexity index is 584. The number of aromatic nitrogens is 2. The van der Waals surface area contributed by atoms with Crippen molar-refractivity contribution in [2.24, 2.45) is 5.41 Å². The highest BCUT2D eigenvalue weighted by Crippen LogP contribution is 2.11. The van der Waals surface area contributed by atoms with Crippen LogP contribution in [0.2, 0.25) is 0 Å². The number of fused-ring (bicyclic) bond motifs is 1. The maximum Gasteiger partial charge on any atom is 0.0890 e. The van der Waals surface area contributed by atoms with Crippen molar-refractivity contribution in [3.8, 4) is 6.07 Å². The first kappa shape index (κ1) is 12.5. The van der Waals surface area contributed by atoms with Gasteiger partial charge in [0.15, 0.2) is 0 Å². The molecule has 0 aliphatic carbocycles. The number of hydrogen-bond donors (Lipinski definition) is 1. The van der Waals surface area contributed by atoms with Crippen LogP contribution in [0.4, 0.5) is 0 Å². The molecule has 4 heteroatoms. The molecule has 0 saturated carbocycles. The SMILES string of the molecule is CC(C)(C#N)CNCc1cnc2ccccc2n1. The highest BCUT2D eigenvalue weighted by atomic mass is 14.9. The van der Waals surface area contributed by atoms with E-state index in [4.69, 9.17) is 5.26 Å². The average molecular weight is 240 g/mol. The lowest BCUT2D eigenvalue weighted by Gasteiger charge is -2.15. The van der Waals surface area contributed by atoms with Crippen molar-refractivity contribution in [1.29, 1.82) is 5.26 Å². The molecule has 0 aliphatic rings. The summed E-state index contributed by atoms with van der Waals surface area (Å²) in [7, 11) is 0. The first-order valence-corrected chi connectivity index (χ1v) is 5.93. The van der Waals surface area contributed by atoms with E-state index in [2.05, 4.69) is 21.4 Å². The Kier molecular flexibility index (Phi) is 3.54. The van der Waals surface area contributed by atoms with Crippen LogP contribution < -0.4 is 5.32 Å². The molecule has 4 nitrogen and oxygen atoms in total. The topological polar surface area (TPSA) is 61.6 Å². The fourth-order valence-corrected chi connectivity index (χ4v) is 1.62. The molecule has 0 atom stereocenters. The molecule has 0 spiro atoms. The minimum atomic E-state index is -0.357. The predicted molar refractivity (Wildman–Crippen MR) is 70.6 cm³/mol. The zero-order valence-electron chi connectivity index (χ0n) is 10.6. The van der Waals surface area contributed by atoms with Crippen LogP contribution in [-0.2, 0) is 6.54 Å². The van der Waals surface area contributed by atoms with Gasteiger partial charge in [0.1, 0.15) is 0 Å². The first-order chi connectivity index (χ1) is 8.61. The van der Waals surface area contributed by atoms with E-state index >= 15 is 0 Å². The number of benzene rings is 1. The Labute approximate surface area is 107 Å². The van der Waals surface area contributed by atoms with Crippen LogP contribution in [0.25, 0.3) is 11.0 Å². The summed E-state index contributed by atoms with van der Waals surface area (Å²) in [5.41, 5.74) is 2.34. The molecule has 92 valence electrons. The molecule has 0 aliphatic heterocycles. The zero-order valence-corrected chi connectivity index (χ0v) is 10.6. The Morgan fingerprint density at radius 3 is 2.72 bits per heavy atom. The smallest absolute Gasteiger partial charge is 0.0890 e. The largest absolute Gasteiger partial charge is 0.310 e. The van der Waals surface area contributed by atoms with Crippen molar-refractivity contribution in [3.63, 3.8) is 0 Å². The van der Waals surface area contributed by atoms with E-state index in [1.54, 1.807) is 6.20 Å². The van der Waals surface area contributed by atoms with E-state index in [-0.39, 0.29) is 5.41 Å². The van der Waals surface area contributed by atoms with E-state index < -0.39 is 0 Å². The summed E-state index contributed by atoms with van der Waals surface area (Å²) in [5, 5.41) is 12.1. The monoisotopic (exact) mass is 240 g/mol. The molecule has 18 heavy (non-hydrogen) atoms. The van der Waals surface area contributed by atoms with Crippen molar-refractivity contribution in [2.45, 2.75) is 20.4 Å². The Morgan fingerprint density at radius 2 is 2.00 bits per heavy atom. The number of rotatable bonds is 4. The third-order valence-corrected chi connectivity index (χ3v) is 2.67. The van der Waals surface area contributed by atoms with Gasteiger partial charge in [-0.05, 0) is 26.0 Å². The zero-order chi connectivity index (χ0) is 13.0. The summed E-state index contributed by atoms with van der Waals surface area (Å²) in [5.74, 6) is 0. The quantitative estimate of drug-likeness (QED) is 0.890. The summed E-state index contributed by atoms with van der Waals surface area (Å²) >= 11 is 0. The Morgan fingerprint density at radius 1 is 1.28 bits per heavy atom. The van der Waals surface area contributed by atoms with Crippen molar-refractivity contribution in [1.82, 2.24) is 15.3 Å². The average Bonchev–Trinajstić information content (AvgIpc) is 2.38. The van der Waals surface area contributed by atoms with Gasteiger partial charge in [0, 0.05) is 13.1 Å². The molecular weight excluding hydrogens is 224 g/mol. The highest BCUT2D eigenvalue weighted by molar-refractivity contribution is 5.73. The molecule has 2 aromatic rings. The maximum atomic E-state index is 8.91. The van der Waals surface area contributed by atoms with Crippen LogP contribution in [-0.4, -0.2) is 16.5 Å². The predicted octanol–water partition coefficient (Wildman–Crippen LogP) is 2.27. The molecule has 0 radical (unpaired) electrons. The fourth-order valence-electron chi connectivity index (χ4n) is 1.62. The third-order valence-electron chi connectivity index (χ3n) is 2.67. The van der Waals surface area contributed by atoms with Crippen molar-refractivity contribution in [2.75, 3.05) is 6.54 Å². The van der Waals surface area contributed by atoms with E-state index in [1.807, 2.05) is 38.1 Å². The van der Waals surface area contributed by atoms with Crippen molar-refractivity contribution in [3.05, 3.63) is 36.2 Å². The molecule has 0 amide bonds. The molecule has 1 aromatic heterocycles. The van der Waals surface area contributed by atoms with Crippen LogP contribution in [0, 0.1) is 16.7 Å². The molecule has 1 N–H and O–H groups in total. The minimum Gasteiger partial charge on any atom is -0.310 e. The van der Waals surface area contributed by atoms with Gasteiger partial charge >= 0.3 is 0 Å². The molecule has 0 unspecified atom stereocenters. The van der Waals surface area contributed by atoms with Gasteiger partial charge in [-0.15, -0.1) is 0 Å². The number of para-hydroxylation sites is 2. The standard InChI is InChI=1S/C14H16N4/c1-14(2,9-15)10-16-7-11-8-17-12-5-3-4-6-13(12)18-11/h3-6,8,16H,7,10H2,1-2H3. The van der Waals surface area contributed by atoms with Gasteiger partial charge < -0.3 is 5.32 Å². The molecule has 1 aromatic carbocycles. The van der Waals surface area contributed by atoms with E-state index in [0.717, 1.165) is 16.7 Å². The van der Waals surface area contributed by atoms with Crippen molar-refractivity contribution >= 4 is 11.0 Å². The third kappa shape index (κ3) is 3.02. The van der Waals surface area contributed by atoms with Gasteiger partial charge in [-0.1, -0.05) is 12.1 Å². The van der Waals surface area contributed by atoms with Crippen molar-refractivity contribution < 1.29 is 0 Å². The lowest BCUT2D eigenvalue weighted by Crippen LogP contribution is -2.28. The summed E-state index contributed by atoms with van der Waals surface area (Å²) in [6.45, 7) is 5.08. The van der Waals surface area contributed by atoms with Crippen LogP contribution in [0.1, 0.15) is 19.5 Å². The second-order valence-corrected chi connectivity index (χ2v) is 4.95. The summed E-state index contributed by atoms with van der Waals surface area (Å²) in [6.07, 6.45) is 1.77. The number of nitrogens with zero attached hydrogens (tertiary/aromatic N) is 3. The molecule has 0 saturated heterocycles. The Hall–Kier alpha value is -1.99. The molecule has 2 rings (SSSR count). The normalized spacial score (nSPS) is 11.4. The second-order valence-electron chi connectivity index (χ2n) is 4.95. The number of nitrogens with one attached hydrogen (secondary N) is 1. The van der Waals surface area contributed by atoms with E-state index in [1.165, 1.54) is 0 Å². The van der Waals surface area contributed by atoms with Gasteiger partial charge in [-0.3, -0.25) is 4.98 Å². The Balaban J connectivity index is 2.03. The summed E-state index contributed by atoms with van der Waals surface area (Å²) in [4.78, 5) is 8.86. The van der Waals surface area contributed by atoms with E-state index in [0.29, 0.717) is 13.1 Å². The maximum absolute atomic E-state index is 8.91. The molecule has 0 fully saturated rings. The lowest BCUT2D eigenvalue weighted by atomic mass is 9.96. The van der Waals surface area contributed by atoms with Crippen LogP contribution >= 0.6 is 0 Å². The summed E-state index contributed by atoms with van der Waals surface area (Å²) < 4.78 is 0.